The largest absolute Gasteiger partial charge is 0.493 e. The summed E-state index contributed by atoms with van der Waals surface area (Å²) < 4.78 is 10.8. The second kappa shape index (κ2) is 6.57. The molecule has 1 aliphatic heterocycles. The van der Waals surface area contributed by atoms with E-state index in [1.54, 1.807) is 14.2 Å². The number of hydrogen-bond donors (Lipinski definition) is 1. The van der Waals surface area contributed by atoms with Gasteiger partial charge in [-0.05, 0) is 42.0 Å². The highest BCUT2D eigenvalue weighted by molar-refractivity contribution is 5.77. The van der Waals surface area contributed by atoms with Crippen LogP contribution in [0.25, 0.3) is 0 Å². The van der Waals surface area contributed by atoms with Gasteiger partial charge in [0.2, 0.25) is 5.91 Å². The molecule has 5 nitrogen and oxygen atoms in total. The Morgan fingerprint density at radius 2 is 1.91 bits per heavy atom. The van der Waals surface area contributed by atoms with Crippen LogP contribution < -0.4 is 14.8 Å². The van der Waals surface area contributed by atoms with Crippen molar-refractivity contribution in [1.29, 1.82) is 0 Å². The third-order valence-electron chi connectivity index (χ3n) is 4.74. The predicted molar refractivity (Wildman–Crippen MR) is 84.7 cm³/mol. The lowest BCUT2D eigenvalue weighted by atomic mass is 9.96. The van der Waals surface area contributed by atoms with E-state index < -0.39 is 0 Å². The summed E-state index contributed by atoms with van der Waals surface area (Å²) in [6, 6.07) is 4.11. The van der Waals surface area contributed by atoms with Crippen molar-refractivity contribution < 1.29 is 14.3 Å². The van der Waals surface area contributed by atoms with Gasteiger partial charge in [-0.15, -0.1) is 0 Å². The van der Waals surface area contributed by atoms with Crippen LogP contribution in [0.3, 0.4) is 0 Å². The third-order valence-corrected chi connectivity index (χ3v) is 4.74. The average Bonchev–Trinajstić information content (AvgIpc) is 2.96. The zero-order valence-corrected chi connectivity index (χ0v) is 13.4. The number of rotatable bonds is 4. The molecular weight excluding hydrogens is 280 g/mol. The molecule has 1 fully saturated rings. The Kier molecular flexibility index (Phi) is 4.52. The first kappa shape index (κ1) is 15.2. The zero-order valence-electron chi connectivity index (χ0n) is 13.4. The van der Waals surface area contributed by atoms with Gasteiger partial charge in [0.05, 0.1) is 14.2 Å². The smallest absolute Gasteiger partial charge is 0.223 e. The maximum absolute atomic E-state index is 12.5. The molecule has 2 aliphatic rings. The first-order chi connectivity index (χ1) is 10.7. The van der Waals surface area contributed by atoms with Crippen LogP contribution in [0.2, 0.25) is 0 Å². The molecule has 1 heterocycles. The molecule has 1 atom stereocenters. The molecule has 0 radical (unpaired) electrons. The number of ether oxygens (including phenoxy) is 2. The van der Waals surface area contributed by atoms with Gasteiger partial charge < -0.3 is 19.7 Å². The van der Waals surface area contributed by atoms with Gasteiger partial charge in [-0.25, -0.2) is 0 Å². The molecule has 5 heteroatoms. The van der Waals surface area contributed by atoms with Crippen molar-refractivity contribution in [1.82, 2.24) is 10.2 Å². The van der Waals surface area contributed by atoms with Gasteiger partial charge in [0.1, 0.15) is 0 Å². The van der Waals surface area contributed by atoms with E-state index in [-0.39, 0.29) is 5.91 Å². The van der Waals surface area contributed by atoms with E-state index in [0.717, 1.165) is 50.5 Å². The third kappa shape index (κ3) is 2.90. The second-order valence-corrected chi connectivity index (χ2v) is 5.98. The number of carbonyl (C=O) groups is 1. The van der Waals surface area contributed by atoms with Crippen molar-refractivity contribution in [3.63, 3.8) is 0 Å². The molecule has 1 unspecified atom stereocenters. The van der Waals surface area contributed by atoms with Gasteiger partial charge >= 0.3 is 0 Å². The number of nitrogens with one attached hydrogen (secondary N) is 1. The van der Waals surface area contributed by atoms with Crippen LogP contribution in [0.15, 0.2) is 12.1 Å². The van der Waals surface area contributed by atoms with Gasteiger partial charge in [-0.2, -0.15) is 0 Å². The molecule has 0 spiro atoms. The Morgan fingerprint density at radius 3 is 2.59 bits per heavy atom. The van der Waals surface area contributed by atoms with Gasteiger partial charge in [-0.1, -0.05) is 0 Å². The lowest BCUT2D eigenvalue weighted by Crippen LogP contribution is -2.46. The Bertz CT molecular complexity index is 553. The first-order valence-electron chi connectivity index (χ1n) is 7.96. The fraction of sp³-hybridized carbons (Fsp3) is 0.588. The first-order valence-corrected chi connectivity index (χ1v) is 7.96. The quantitative estimate of drug-likeness (QED) is 0.917. The topological polar surface area (TPSA) is 50.8 Å². The minimum absolute atomic E-state index is 0.272. The average molecular weight is 304 g/mol. The molecule has 1 aliphatic carbocycles. The van der Waals surface area contributed by atoms with Crippen LogP contribution in [0, 0.1) is 0 Å². The summed E-state index contributed by atoms with van der Waals surface area (Å²) in [6.07, 6.45) is 2.64. The Balaban J connectivity index is 1.74. The highest BCUT2D eigenvalue weighted by Crippen LogP contribution is 2.41. The summed E-state index contributed by atoms with van der Waals surface area (Å²) in [5, 5.41) is 3.28. The van der Waals surface area contributed by atoms with Crippen LogP contribution in [0.4, 0.5) is 0 Å². The van der Waals surface area contributed by atoms with E-state index in [4.69, 9.17) is 9.47 Å². The maximum atomic E-state index is 12.5. The fourth-order valence-electron chi connectivity index (χ4n) is 3.48. The van der Waals surface area contributed by atoms with Crippen LogP contribution in [-0.4, -0.2) is 51.2 Å². The molecule has 0 bridgehead atoms. The van der Waals surface area contributed by atoms with Crippen LogP contribution in [-0.2, 0) is 11.2 Å². The lowest BCUT2D eigenvalue weighted by Gasteiger charge is -2.28. The molecule has 0 aromatic heterocycles. The zero-order chi connectivity index (χ0) is 15.5. The van der Waals surface area contributed by atoms with Crippen LogP contribution in [0.1, 0.15) is 29.9 Å². The van der Waals surface area contributed by atoms with E-state index >= 15 is 0 Å². The van der Waals surface area contributed by atoms with Crippen LogP contribution >= 0.6 is 0 Å². The van der Waals surface area contributed by atoms with E-state index in [2.05, 4.69) is 17.4 Å². The number of fused-ring (bicyclic) bond motifs is 1. The number of hydrogen-bond acceptors (Lipinski definition) is 4. The number of piperazine rings is 1. The summed E-state index contributed by atoms with van der Waals surface area (Å²) in [5.74, 6) is 2.10. The number of carbonyl (C=O) groups excluding carboxylic acids is 1. The van der Waals surface area contributed by atoms with Crippen molar-refractivity contribution in [2.75, 3.05) is 40.4 Å². The Hall–Kier alpha value is -1.75. The standard InChI is InChI=1S/C17H24N2O3/c1-21-15-9-12-3-4-13(14(12)11-16(15)22-2)10-17(20)19-7-5-18-6-8-19/h9,11,13,18H,3-8,10H2,1-2H3. The lowest BCUT2D eigenvalue weighted by molar-refractivity contribution is -0.132. The summed E-state index contributed by atoms with van der Waals surface area (Å²) in [6.45, 7) is 3.45. The van der Waals surface area contributed by atoms with Gasteiger partial charge in [0.25, 0.3) is 0 Å². The molecule has 1 aromatic carbocycles. The highest BCUT2D eigenvalue weighted by atomic mass is 16.5. The predicted octanol–water partition coefficient (Wildman–Crippen LogP) is 1.56. The van der Waals surface area contributed by atoms with Crippen molar-refractivity contribution in [2.45, 2.75) is 25.2 Å². The minimum Gasteiger partial charge on any atom is -0.493 e. The molecule has 1 aromatic rings. The monoisotopic (exact) mass is 304 g/mol. The second-order valence-electron chi connectivity index (χ2n) is 5.98. The summed E-state index contributed by atoms with van der Waals surface area (Å²) in [7, 11) is 3.31. The minimum atomic E-state index is 0.272. The molecule has 120 valence electrons. The molecule has 1 saturated heterocycles. The van der Waals surface area contributed by atoms with Crippen molar-refractivity contribution in [3.05, 3.63) is 23.3 Å². The number of benzene rings is 1. The number of methoxy groups -OCH3 is 2. The van der Waals surface area contributed by atoms with Crippen LogP contribution in [0.5, 0.6) is 11.5 Å². The SMILES string of the molecule is COc1cc2c(cc1OC)C(CC(=O)N1CCNCC1)CC2. The summed E-state index contributed by atoms with van der Waals surface area (Å²) in [5.41, 5.74) is 2.54. The molecule has 1 amide bonds. The number of amides is 1. The van der Waals surface area contributed by atoms with Crippen molar-refractivity contribution in [2.24, 2.45) is 0 Å². The summed E-state index contributed by atoms with van der Waals surface area (Å²) >= 11 is 0. The molecule has 22 heavy (non-hydrogen) atoms. The Morgan fingerprint density at radius 1 is 1.23 bits per heavy atom. The molecule has 0 saturated carbocycles. The van der Waals surface area contributed by atoms with E-state index in [0.29, 0.717) is 12.3 Å². The Labute approximate surface area is 131 Å². The maximum Gasteiger partial charge on any atom is 0.223 e. The summed E-state index contributed by atoms with van der Waals surface area (Å²) in [4.78, 5) is 14.5. The number of nitrogens with zero attached hydrogens (tertiary/aromatic N) is 1. The molecule has 3 rings (SSSR count). The molecular formula is C17H24N2O3. The van der Waals surface area contributed by atoms with Gasteiger partial charge in [0, 0.05) is 32.6 Å². The molecule has 1 N–H and O–H groups in total. The van der Waals surface area contributed by atoms with E-state index in [1.165, 1.54) is 11.1 Å². The van der Waals surface area contributed by atoms with Gasteiger partial charge in [0.15, 0.2) is 11.5 Å². The fourth-order valence-corrected chi connectivity index (χ4v) is 3.48. The van der Waals surface area contributed by atoms with E-state index in [1.807, 2.05) is 4.90 Å². The normalized spacial score (nSPS) is 20.6. The number of aryl methyl sites for hydroxylation is 1. The van der Waals surface area contributed by atoms with E-state index in [9.17, 15) is 4.79 Å². The van der Waals surface area contributed by atoms with Gasteiger partial charge in [-0.3, -0.25) is 4.79 Å². The highest BCUT2D eigenvalue weighted by Gasteiger charge is 2.28. The van der Waals surface area contributed by atoms with Crippen molar-refractivity contribution >= 4 is 5.91 Å². The van der Waals surface area contributed by atoms with Crippen molar-refractivity contribution in [3.8, 4) is 11.5 Å².